The number of nitrogens with one attached hydrogen (secondary N) is 2. The lowest BCUT2D eigenvalue weighted by molar-refractivity contribution is 0.133. The van der Waals surface area contributed by atoms with Gasteiger partial charge >= 0.3 is 6.09 Å². The molecule has 13 heteroatoms. The molecule has 1 amide bonds. The number of rotatable bonds is 6. The van der Waals surface area contributed by atoms with Crippen LogP contribution in [0.3, 0.4) is 0 Å². The summed E-state index contributed by atoms with van der Waals surface area (Å²) in [5, 5.41) is 39.8. The smallest absolute Gasteiger partial charge is 0.407 e. The normalized spacial score (nSPS) is 19.1. The maximum atomic E-state index is 11.5. The Bertz CT molecular complexity index is 1440. The first-order valence-electron chi connectivity index (χ1n) is 11.4. The first kappa shape index (κ1) is 23.5. The Morgan fingerprint density at radius 3 is 2.72 bits per heavy atom. The Balaban J connectivity index is 1.51. The van der Waals surface area contributed by atoms with Gasteiger partial charge in [-0.1, -0.05) is 18.5 Å². The molecule has 2 fully saturated rings. The van der Waals surface area contributed by atoms with Crippen molar-refractivity contribution in [2.24, 2.45) is 5.92 Å². The van der Waals surface area contributed by atoms with Crippen LogP contribution in [0.2, 0.25) is 5.02 Å². The van der Waals surface area contributed by atoms with Crippen molar-refractivity contribution in [3.8, 4) is 12.1 Å². The molecule has 0 spiro atoms. The minimum absolute atomic E-state index is 0.0664. The van der Waals surface area contributed by atoms with Crippen molar-refractivity contribution in [1.29, 1.82) is 10.5 Å². The Morgan fingerprint density at radius 1 is 1.28 bits per heavy atom. The van der Waals surface area contributed by atoms with E-state index in [-0.39, 0.29) is 23.6 Å². The summed E-state index contributed by atoms with van der Waals surface area (Å²) in [5.74, 6) is 0.746. The highest BCUT2D eigenvalue weighted by Crippen LogP contribution is 2.39. The number of carboxylic acid groups (broad SMARTS) is 1. The molecule has 0 radical (unpaired) electrons. The molecule has 3 heterocycles. The molecule has 1 aliphatic heterocycles. The fraction of sp³-hybridized carbons (Fsp3) is 0.391. The zero-order valence-electron chi connectivity index (χ0n) is 19.6. The van der Waals surface area contributed by atoms with E-state index in [2.05, 4.69) is 37.8 Å². The second-order valence-electron chi connectivity index (χ2n) is 9.13. The molecule has 2 aromatic heterocycles. The van der Waals surface area contributed by atoms with Gasteiger partial charge in [-0.3, -0.25) is 0 Å². The SMILES string of the molecule is C[C@@H]1CN(c2cc(C#N)cc(Nc3nc(NC4CC4)c4ncc(C#N)n4n3)c2Cl)C[C@@H]1N(C)C(=O)O. The molecule has 1 saturated heterocycles. The zero-order valence-corrected chi connectivity index (χ0v) is 20.4. The molecule has 0 unspecified atom stereocenters. The maximum Gasteiger partial charge on any atom is 0.407 e. The van der Waals surface area contributed by atoms with Gasteiger partial charge < -0.3 is 25.5 Å². The van der Waals surface area contributed by atoms with E-state index < -0.39 is 6.09 Å². The van der Waals surface area contributed by atoms with E-state index in [1.807, 2.05) is 11.8 Å². The quantitative estimate of drug-likeness (QED) is 0.452. The lowest BCUT2D eigenvalue weighted by atomic mass is 10.1. The van der Waals surface area contributed by atoms with E-state index in [0.29, 0.717) is 52.6 Å². The van der Waals surface area contributed by atoms with Gasteiger partial charge in [0.2, 0.25) is 5.95 Å². The van der Waals surface area contributed by atoms with Gasteiger partial charge in [0.05, 0.1) is 40.3 Å². The number of hydrogen-bond acceptors (Lipinski definition) is 9. The third kappa shape index (κ3) is 4.27. The number of nitriles is 2. The van der Waals surface area contributed by atoms with Crippen molar-refractivity contribution in [3.05, 3.63) is 34.6 Å². The number of anilines is 4. The van der Waals surface area contributed by atoms with Crippen molar-refractivity contribution in [2.75, 3.05) is 35.7 Å². The van der Waals surface area contributed by atoms with Gasteiger partial charge in [0.15, 0.2) is 17.2 Å². The molecule has 2 aliphatic rings. The third-order valence-electron chi connectivity index (χ3n) is 6.54. The van der Waals surface area contributed by atoms with Gasteiger partial charge in [-0.05, 0) is 30.9 Å². The standard InChI is InChI=1S/C23H23ClN10O2/c1-12-10-33(11-18(12)32(2)23(35)36)17-6-13(7-25)5-16(19(17)24)29-22-30-20(28-14-3-4-14)21-27-9-15(8-26)34(21)31-22/h5-6,9,12,14,18H,3-4,10-11H2,1-2H3,(H,35,36)(H2,28,29,30,31)/t12-,18+/m1/s1. The van der Waals surface area contributed by atoms with Crippen molar-refractivity contribution >= 4 is 46.5 Å². The van der Waals surface area contributed by atoms with Crippen molar-refractivity contribution in [3.63, 3.8) is 0 Å². The van der Waals surface area contributed by atoms with E-state index in [4.69, 9.17) is 11.6 Å². The second-order valence-corrected chi connectivity index (χ2v) is 9.51. The first-order valence-corrected chi connectivity index (χ1v) is 11.8. The fourth-order valence-electron chi connectivity index (χ4n) is 4.44. The number of halogens is 1. The third-order valence-corrected chi connectivity index (χ3v) is 6.93. The minimum atomic E-state index is -0.993. The molecular formula is C23H23ClN10O2. The molecule has 1 aliphatic carbocycles. The predicted molar refractivity (Wildman–Crippen MR) is 133 cm³/mol. The summed E-state index contributed by atoms with van der Waals surface area (Å²) in [6, 6.07) is 7.60. The Kier molecular flexibility index (Phi) is 5.90. The van der Waals surface area contributed by atoms with Gasteiger partial charge in [0.1, 0.15) is 6.07 Å². The monoisotopic (exact) mass is 506 g/mol. The highest BCUT2D eigenvalue weighted by atomic mass is 35.5. The number of likely N-dealkylation sites (N-methyl/N-ethyl adjacent to an activating group) is 1. The molecule has 1 saturated carbocycles. The van der Waals surface area contributed by atoms with Crippen LogP contribution >= 0.6 is 11.6 Å². The summed E-state index contributed by atoms with van der Waals surface area (Å²) in [7, 11) is 1.56. The minimum Gasteiger partial charge on any atom is -0.465 e. The Hall–Kier alpha value is -4.29. The number of hydrogen-bond donors (Lipinski definition) is 3. The number of fused-ring (bicyclic) bond motifs is 1. The van der Waals surface area contributed by atoms with Crippen LogP contribution in [0.15, 0.2) is 18.3 Å². The van der Waals surface area contributed by atoms with Crippen LogP contribution in [0, 0.1) is 28.6 Å². The van der Waals surface area contributed by atoms with Crippen LogP contribution in [0.5, 0.6) is 0 Å². The van der Waals surface area contributed by atoms with Crippen molar-refractivity contribution in [1.82, 2.24) is 24.5 Å². The van der Waals surface area contributed by atoms with Gasteiger partial charge in [0.25, 0.3) is 0 Å². The summed E-state index contributed by atoms with van der Waals surface area (Å²) in [6.07, 6.45) is 2.49. The van der Waals surface area contributed by atoms with Crippen LogP contribution in [0.25, 0.3) is 5.65 Å². The number of carbonyl (C=O) groups is 1. The summed E-state index contributed by atoms with van der Waals surface area (Å²) < 4.78 is 1.41. The topological polar surface area (TPSA) is 158 Å². The van der Waals surface area contributed by atoms with Crippen LogP contribution in [-0.4, -0.2) is 67.9 Å². The molecule has 12 nitrogen and oxygen atoms in total. The van der Waals surface area contributed by atoms with Crippen LogP contribution in [0.4, 0.5) is 27.9 Å². The number of nitrogens with zero attached hydrogens (tertiary/aromatic N) is 8. The molecule has 2 atom stereocenters. The molecule has 0 bridgehead atoms. The lowest BCUT2D eigenvalue weighted by Gasteiger charge is -2.25. The van der Waals surface area contributed by atoms with E-state index in [9.17, 15) is 20.4 Å². The predicted octanol–water partition coefficient (Wildman–Crippen LogP) is 3.27. The van der Waals surface area contributed by atoms with E-state index in [1.54, 1.807) is 19.2 Å². The average molecular weight is 507 g/mol. The van der Waals surface area contributed by atoms with Gasteiger partial charge in [-0.2, -0.15) is 20.0 Å². The lowest BCUT2D eigenvalue weighted by Crippen LogP contribution is -2.40. The highest BCUT2D eigenvalue weighted by molar-refractivity contribution is 6.36. The van der Waals surface area contributed by atoms with Gasteiger partial charge in [-0.15, -0.1) is 5.10 Å². The highest BCUT2D eigenvalue weighted by Gasteiger charge is 2.36. The van der Waals surface area contributed by atoms with Gasteiger partial charge in [-0.25, -0.2) is 9.78 Å². The van der Waals surface area contributed by atoms with Crippen LogP contribution < -0.4 is 15.5 Å². The molecule has 3 aromatic rings. The molecule has 5 rings (SSSR count). The first-order chi connectivity index (χ1) is 17.3. The van der Waals surface area contributed by atoms with Crippen LogP contribution in [-0.2, 0) is 0 Å². The number of aromatic nitrogens is 4. The average Bonchev–Trinajstić information content (AvgIpc) is 3.44. The Labute approximate surface area is 211 Å². The van der Waals surface area contributed by atoms with Gasteiger partial charge in [0, 0.05) is 26.2 Å². The number of amides is 1. The molecule has 1 aromatic carbocycles. The number of imidazole rings is 1. The van der Waals surface area contributed by atoms with Crippen molar-refractivity contribution in [2.45, 2.75) is 31.8 Å². The fourth-order valence-corrected chi connectivity index (χ4v) is 4.71. The summed E-state index contributed by atoms with van der Waals surface area (Å²) in [4.78, 5) is 23.6. The largest absolute Gasteiger partial charge is 0.465 e. The molecular weight excluding hydrogens is 484 g/mol. The summed E-state index contributed by atoms with van der Waals surface area (Å²) >= 11 is 6.81. The van der Waals surface area contributed by atoms with Crippen molar-refractivity contribution < 1.29 is 9.90 Å². The Morgan fingerprint density at radius 2 is 2.06 bits per heavy atom. The zero-order chi connectivity index (χ0) is 25.6. The van der Waals surface area contributed by atoms with Crippen LogP contribution in [0.1, 0.15) is 31.0 Å². The maximum absolute atomic E-state index is 11.5. The van der Waals surface area contributed by atoms with E-state index >= 15 is 0 Å². The second kappa shape index (κ2) is 9.06. The molecule has 3 N–H and O–H groups in total. The van der Waals surface area contributed by atoms with E-state index in [1.165, 1.54) is 15.6 Å². The van der Waals surface area contributed by atoms with E-state index in [0.717, 1.165) is 12.8 Å². The molecule has 184 valence electrons. The summed E-state index contributed by atoms with van der Waals surface area (Å²) in [6.45, 7) is 3.01. The summed E-state index contributed by atoms with van der Waals surface area (Å²) in [5.41, 5.74) is 2.11. The molecule has 36 heavy (non-hydrogen) atoms. The number of benzene rings is 1.